The van der Waals surface area contributed by atoms with Crippen molar-refractivity contribution in [3.8, 4) is 5.75 Å². The van der Waals surface area contributed by atoms with Crippen LogP contribution in [0.2, 0.25) is 0 Å². The smallest absolute Gasteiger partial charge is 0.251 e. The molecule has 0 radical (unpaired) electrons. The van der Waals surface area contributed by atoms with Gasteiger partial charge < -0.3 is 15.0 Å². The molecular weight excluding hydrogens is 254 g/mol. The largest absolute Gasteiger partial charge is 0.496 e. The van der Waals surface area contributed by atoms with Gasteiger partial charge in [-0.1, -0.05) is 25.1 Å². The number of benzene rings is 1. The summed E-state index contributed by atoms with van der Waals surface area (Å²) in [5.74, 6) is 1.45. The highest BCUT2D eigenvalue weighted by molar-refractivity contribution is 5.35. The van der Waals surface area contributed by atoms with Crippen molar-refractivity contribution >= 4 is 0 Å². The second kappa shape index (κ2) is 6.86. The summed E-state index contributed by atoms with van der Waals surface area (Å²) in [5, 5.41) is 3.17. The van der Waals surface area contributed by atoms with E-state index in [1.807, 2.05) is 31.2 Å². The molecule has 0 atom stereocenters. The van der Waals surface area contributed by atoms with Gasteiger partial charge in [0.15, 0.2) is 0 Å². The maximum absolute atomic E-state index is 11.7. The number of nitrogens with zero attached hydrogens (tertiary/aromatic N) is 1. The molecule has 1 aromatic carbocycles. The number of aromatic amines is 1. The number of hydrogen-bond acceptors (Lipinski definition) is 4. The minimum atomic E-state index is -0.127. The van der Waals surface area contributed by atoms with Gasteiger partial charge in [-0.25, -0.2) is 4.98 Å². The normalized spacial score (nSPS) is 10.5. The van der Waals surface area contributed by atoms with Crippen molar-refractivity contribution in [2.24, 2.45) is 0 Å². The molecule has 0 saturated heterocycles. The predicted octanol–water partition coefficient (Wildman–Crippen LogP) is 1.48. The Balaban J connectivity index is 2.24. The van der Waals surface area contributed by atoms with Crippen LogP contribution in [-0.4, -0.2) is 23.6 Å². The van der Waals surface area contributed by atoms with Gasteiger partial charge in [0.1, 0.15) is 11.6 Å². The van der Waals surface area contributed by atoms with Crippen LogP contribution in [0, 0.1) is 0 Å². The summed E-state index contributed by atoms with van der Waals surface area (Å²) in [4.78, 5) is 18.9. The van der Waals surface area contributed by atoms with Crippen LogP contribution in [0.1, 0.15) is 24.0 Å². The summed E-state index contributed by atoms with van der Waals surface area (Å²) in [7, 11) is 1.64. The van der Waals surface area contributed by atoms with Crippen molar-refractivity contribution in [1.82, 2.24) is 15.3 Å². The average Bonchev–Trinajstić information content (AvgIpc) is 2.45. The van der Waals surface area contributed by atoms with E-state index in [1.54, 1.807) is 7.11 Å². The Morgan fingerprint density at radius 2 is 2.15 bits per heavy atom. The van der Waals surface area contributed by atoms with Crippen molar-refractivity contribution in [2.45, 2.75) is 19.9 Å². The Morgan fingerprint density at radius 3 is 2.90 bits per heavy atom. The third kappa shape index (κ3) is 3.68. The Morgan fingerprint density at radius 1 is 1.35 bits per heavy atom. The first-order valence-corrected chi connectivity index (χ1v) is 6.64. The molecule has 20 heavy (non-hydrogen) atoms. The fraction of sp³-hybridized carbons (Fsp3) is 0.333. The molecule has 5 nitrogen and oxygen atoms in total. The second-order valence-corrected chi connectivity index (χ2v) is 4.45. The van der Waals surface area contributed by atoms with E-state index in [9.17, 15) is 4.79 Å². The lowest BCUT2D eigenvalue weighted by Crippen LogP contribution is -2.18. The highest BCUT2D eigenvalue weighted by Gasteiger charge is 2.06. The van der Waals surface area contributed by atoms with Gasteiger partial charge in [0, 0.05) is 24.6 Å². The second-order valence-electron chi connectivity index (χ2n) is 4.45. The number of para-hydroxylation sites is 1. The van der Waals surface area contributed by atoms with Crippen LogP contribution in [-0.2, 0) is 13.0 Å². The van der Waals surface area contributed by atoms with Crippen molar-refractivity contribution in [2.75, 3.05) is 13.7 Å². The lowest BCUT2D eigenvalue weighted by molar-refractivity contribution is 0.410. The highest BCUT2D eigenvalue weighted by atomic mass is 16.5. The molecule has 0 aliphatic heterocycles. The van der Waals surface area contributed by atoms with Crippen LogP contribution in [0.4, 0.5) is 0 Å². The van der Waals surface area contributed by atoms with Crippen LogP contribution in [0.15, 0.2) is 35.1 Å². The molecule has 106 valence electrons. The lowest BCUT2D eigenvalue weighted by atomic mass is 10.1. The SMILES string of the molecule is CCNCc1cc(=O)[nH]c(Cc2ccccc2OC)n1. The van der Waals surface area contributed by atoms with E-state index in [0.29, 0.717) is 18.8 Å². The van der Waals surface area contributed by atoms with Gasteiger partial charge in [0.25, 0.3) is 5.56 Å². The standard InChI is InChI=1S/C15H19N3O2/c1-3-16-10-12-9-15(19)18-14(17-12)8-11-6-4-5-7-13(11)20-2/h4-7,9,16H,3,8,10H2,1-2H3,(H,17,18,19). The summed E-state index contributed by atoms with van der Waals surface area (Å²) >= 11 is 0. The summed E-state index contributed by atoms with van der Waals surface area (Å²) < 4.78 is 5.31. The number of H-pyrrole nitrogens is 1. The molecule has 2 rings (SSSR count). The molecule has 2 N–H and O–H groups in total. The minimum absolute atomic E-state index is 0.127. The number of aromatic nitrogens is 2. The van der Waals surface area contributed by atoms with Crippen molar-refractivity contribution < 1.29 is 4.74 Å². The van der Waals surface area contributed by atoms with Gasteiger partial charge in [0.2, 0.25) is 0 Å². The van der Waals surface area contributed by atoms with Crippen LogP contribution in [0.3, 0.4) is 0 Å². The third-order valence-corrected chi connectivity index (χ3v) is 2.95. The summed E-state index contributed by atoms with van der Waals surface area (Å²) in [6, 6.07) is 9.25. The van der Waals surface area contributed by atoms with Gasteiger partial charge in [-0.05, 0) is 12.6 Å². The molecule has 0 bridgehead atoms. The number of rotatable bonds is 6. The number of ether oxygens (including phenoxy) is 1. The molecule has 0 saturated carbocycles. The molecule has 1 heterocycles. The van der Waals surface area contributed by atoms with Crippen LogP contribution in [0.25, 0.3) is 0 Å². The topological polar surface area (TPSA) is 67.0 Å². The molecule has 0 spiro atoms. The van der Waals surface area contributed by atoms with Crippen molar-refractivity contribution in [3.63, 3.8) is 0 Å². The van der Waals surface area contributed by atoms with E-state index in [0.717, 1.165) is 23.6 Å². The molecule has 0 aliphatic rings. The van der Waals surface area contributed by atoms with Gasteiger partial charge in [-0.2, -0.15) is 0 Å². The monoisotopic (exact) mass is 273 g/mol. The quantitative estimate of drug-likeness (QED) is 0.836. The van der Waals surface area contributed by atoms with Gasteiger partial charge >= 0.3 is 0 Å². The summed E-state index contributed by atoms with van der Waals surface area (Å²) in [6.45, 7) is 3.46. The fourth-order valence-electron chi connectivity index (χ4n) is 2.02. The Kier molecular flexibility index (Phi) is 4.90. The first kappa shape index (κ1) is 14.3. The van der Waals surface area contributed by atoms with Crippen molar-refractivity contribution in [3.05, 3.63) is 57.8 Å². The first-order chi connectivity index (χ1) is 9.72. The van der Waals surface area contributed by atoms with E-state index in [-0.39, 0.29) is 5.56 Å². The number of nitrogens with one attached hydrogen (secondary N) is 2. The van der Waals surface area contributed by atoms with E-state index >= 15 is 0 Å². The lowest BCUT2D eigenvalue weighted by Gasteiger charge is -2.08. The van der Waals surface area contributed by atoms with Gasteiger partial charge in [0.05, 0.1) is 12.8 Å². The van der Waals surface area contributed by atoms with E-state index in [2.05, 4.69) is 15.3 Å². The van der Waals surface area contributed by atoms with Gasteiger partial charge in [-0.15, -0.1) is 0 Å². The zero-order valence-electron chi connectivity index (χ0n) is 11.8. The zero-order chi connectivity index (χ0) is 14.4. The Bertz CT molecular complexity index is 623. The third-order valence-electron chi connectivity index (χ3n) is 2.95. The Hall–Kier alpha value is -2.14. The zero-order valence-corrected chi connectivity index (χ0v) is 11.8. The van der Waals surface area contributed by atoms with Crippen molar-refractivity contribution in [1.29, 1.82) is 0 Å². The predicted molar refractivity (Wildman–Crippen MR) is 78.0 cm³/mol. The maximum Gasteiger partial charge on any atom is 0.251 e. The van der Waals surface area contributed by atoms with E-state index in [1.165, 1.54) is 6.07 Å². The first-order valence-electron chi connectivity index (χ1n) is 6.64. The van der Waals surface area contributed by atoms with Gasteiger partial charge in [-0.3, -0.25) is 4.79 Å². The minimum Gasteiger partial charge on any atom is -0.496 e. The maximum atomic E-state index is 11.7. The molecule has 0 amide bonds. The summed E-state index contributed by atoms with van der Waals surface area (Å²) in [6.07, 6.45) is 0.541. The van der Waals surface area contributed by atoms with Crippen LogP contribution >= 0.6 is 0 Å². The van der Waals surface area contributed by atoms with Crippen LogP contribution in [0.5, 0.6) is 5.75 Å². The number of methoxy groups -OCH3 is 1. The highest BCUT2D eigenvalue weighted by Crippen LogP contribution is 2.19. The average molecular weight is 273 g/mol. The van der Waals surface area contributed by atoms with Crippen LogP contribution < -0.4 is 15.6 Å². The molecule has 0 aliphatic carbocycles. The molecule has 2 aromatic rings. The van der Waals surface area contributed by atoms with E-state index in [4.69, 9.17) is 4.74 Å². The number of hydrogen-bond donors (Lipinski definition) is 2. The molecular formula is C15H19N3O2. The molecule has 5 heteroatoms. The van der Waals surface area contributed by atoms with E-state index < -0.39 is 0 Å². The molecule has 1 aromatic heterocycles. The molecule has 0 fully saturated rings. The summed E-state index contributed by atoms with van der Waals surface area (Å²) in [5.41, 5.74) is 1.62. The fourth-order valence-corrected chi connectivity index (χ4v) is 2.02. The molecule has 0 unspecified atom stereocenters. The Labute approximate surface area is 118 Å².